The maximum atomic E-state index is 12.4. The number of likely N-dealkylation sites (tertiary alicyclic amines) is 1. The minimum atomic E-state index is 0.139. The Bertz CT molecular complexity index is 479. The first-order valence-electron chi connectivity index (χ1n) is 8.23. The van der Waals surface area contributed by atoms with Gasteiger partial charge in [0.1, 0.15) is 0 Å². The van der Waals surface area contributed by atoms with Gasteiger partial charge in [0.15, 0.2) is 0 Å². The van der Waals surface area contributed by atoms with Crippen molar-refractivity contribution >= 4 is 11.9 Å². The van der Waals surface area contributed by atoms with E-state index in [2.05, 4.69) is 32.1 Å². The van der Waals surface area contributed by atoms with Gasteiger partial charge in [-0.05, 0) is 51.9 Å². The Kier molecular flexibility index (Phi) is 4.87. The first-order valence-corrected chi connectivity index (χ1v) is 8.23. The number of amides is 1. The summed E-state index contributed by atoms with van der Waals surface area (Å²) in [4.78, 5) is 25.5. The fourth-order valence-electron chi connectivity index (χ4n) is 3.27. The molecule has 2 saturated heterocycles. The topological polar surface area (TPSA) is 61.4 Å². The van der Waals surface area contributed by atoms with E-state index in [1.165, 1.54) is 0 Å². The number of rotatable bonds is 3. The van der Waals surface area contributed by atoms with E-state index in [0.29, 0.717) is 6.04 Å². The van der Waals surface area contributed by atoms with Crippen LogP contribution in [0.3, 0.4) is 0 Å². The van der Waals surface area contributed by atoms with E-state index in [4.69, 9.17) is 0 Å². The van der Waals surface area contributed by atoms with E-state index in [0.717, 1.165) is 57.8 Å². The Hall–Kier alpha value is -1.69. The second-order valence-corrected chi connectivity index (χ2v) is 6.40. The van der Waals surface area contributed by atoms with Crippen molar-refractivity contribution in [2.45, 2.75) is 31.7 Å². The number of aromatic nitrogens is 2. The minimum Gasteiger partial charge on any atom is -0.353 e. The molecule has 1 amide bonds. The van der Waals surface area contributed by atoms with Gasteiger partial charge < -0.3 is 15.1 Å². The molecule has 1 aromatic heterocycles. The largest absolute Gasteiger partial charge is 0.353 e. The molecule has 0 bridgehead atoms. The molecule has 0 spiro atoms. The van der Waals surface area contributed by atoms with Crippen molar-refractivity contribution in [3.8, 4) is 0 Å². The van der Waals surface area contributed by atoms with Gasteiger partial charge >= 0.3 is 0 Å². The van der Waals surface area contributed by atoms with Crippen LogP contribution in [-0.4, -0.2) is 60.0 Å². The van der Waals surface area contributed by atoms with Gasteiger partial charge in [-0.1, -0.05) is 0 Å². The normalized spacial score (nSPS) is 21.8. The molecule has 2 fully saturated rings. The van der Waals surface area contributed by atoms with Crippen LogP contribution >= 0.6 is 0 Å². The van der Waals surface area contributed by atoms with Gasteiger partial charge in [-0.15, -0.1) is 0 Å². The Morgan fingerprint density at radius 3 is 2.36 bits per heavy atom. The van der Waals surface area contributed by atoms with E-state index < -0.39 is 0 Å². The number of hydrogen-bond acceptors (Lipinski definition) is 5. The van der Waals surface area contributed by atoms with E-state index >= 15 is 0 Å². The van der Waals surface area contributed by atoms with Gasteiger partial charge in [-0.3, -0.25) is 4.79 Å². The summed E-state index contributed by atoms with van der Waals surface area (Å²) in [5.41, 5.74) is 0. The SMILES string of the molecule is CN1CCC(NC(=O)C2CCN(c3ncccn3)CC2)CC1. The van der Waals surface area contributed by atoms with Crippen LogP contribution in [0.5, 0.6) is 0 Å². The zero-order chi connectivity index (χ0) is 15.4. The Morgan fingerprint density at radius 1 is 1.09 bits per heavy atom. The molecule has 6 nitrogen and oxygen atoms in total. The number of carbonyl (C=O) groups excluding carboxylic acids is 1. The summed E-state index contributed by atoms with van der Waals surface area (Å²) >= 11 is 0. The molecule has 1 aromatic rings. The van der Waals surface area contributed by atoms with Gasteiger partial charge in [-0.2, -0.15) is 0 Å². The fraction of sp³-hybridized carbons (Fsp3) is 0.688. The summed E-state index contributed by atoms with van der Waals surface area (Å²) in [5, 5.41) is 3.25. The second kappa shape index (κ2) is 7.05. The van der Waals surface area contributed by atoms with Gasteiger partial charge in [0, 0.05) is 37.4 Å². The quantitative estimate of drug-likeness (QED) is 0.899. The molecule has 0 unspecified atom stereocenters. The average Bonchev–Trinajstić information content (AvgIpc) is 2.58. The van der Waals surface area contributed by atoms with Crippen LogP contribution < -0.4 is 10.2 Å². The lowest BCUT2D eigenvalue weighted by Crippen LogP contribution is -2.47. The first kappa shape index (κ1) is 15.2. The highest BCUT2D eigenvalue weighted by Crippen LogP contribution is 2.21. The van der Waals surface area contributed by atoms with E-state index in [9.17, 15) is 4.79 Å². The van der Waals surface area contributed by atoms with Crippen LogP contribution in [0.15, 0.2) is 18.5 Å². The molecular weight excluding hydrogens is 278 g/mol. The van der Waals surface area contributed by atoms with Crippen molar-refractivity contribution in [1.29, 1.82) is 0 Å². The van der Waals surface area contributed by atoms with Crippen LogP contribution in [0.4, 0.5) is 5.95 Å². The van der Waals surface area contributed by atoms with Gasteiger partial charge in [0.05, 0.1) is 0 Å². The van der Waals surface area contributed by atoms with Crippen molar-refractivity contribution in [2.75, 3.05) is 38.1 Å². The van der Waals surface area contributed by atoms with Crippen molar-refractivity contribution in [3.05, 3.63) is 18.5 Å². The molecule has 6 heteroatoms. The fourth-order valence-corrected chi connectivity index (χ4v) is 3.27. The molecule has 3 heterocycles. The molecule has 22 heavy (non-hydrogen) atoms. The molecule has 2 aliphatic rings. The number of anilines is 1. The monoisotopic (exact) mass is 303 g/mol. The average molecular weight is 303 g/mol. The van der Waals surface area contributed by atoms with E-state index in [1.807, 2.05) is 6.07 Å². The third kappa shape index (κ3) is 3.74. The number of hydrogen-bond donors (Lipinski definition) is 1. The van der Waals surface area contributed by atoms with Crippen LogP contribution in [-0.2, 0) is 4.79 Å². The Balaban J connectivity index is 1.46. The standard InChI is InChI=1S/C16H25N5O/c1-20-9-5-14(6-10-20)19-15(22)13-3-11-21(12-4-13)16-17-7-2-8-18-16/h2,7-8,13-14H,3-6,9-12H2,1H3,(H,19,22). The van der Waals surface area contributed by atoms with E-state index in [1.54, 1.807) is 12.4 Å². The Morgan fingerprint density at radius 2 is 1.73 bits per heavy atom. The summed E-state index contributed by atoms with van der Waals surface area (Å²) in [5.74, 6) is 1.15. The molecule has 0 aromatic carbocycles. The Labute approximate surface area is 131 Å². The molecule has 1 N–H and O–H groups in total. The minimum absolute atomic E-state index is 0.139. The lowest BCUT2D eigenvalue weighted by Gasteiger charge is -2.34. The van der Waals surface area contributed by atoms with Crippen LogP contribution in [0.25, 0.3) is 0 Å². The summed E-state index contributed by atoms with van der Waals surface area (Å²) in [6.07, 6.45) is 7.44. The maximum Gasteiger partial charge on any atom is 0.225 e. The first-order chi connectivity index (χ1) is 10.7. The predicted octanol–water partition coefficient (Wildman–Crippen LogP) is 0.903. The lowest BCUT2D eigenvalue weighted by atomic mass is 9.95. The molecule has 0 radical (unpaired) electrons. The predicted molar refractivity (Wildman–Crippen MR) is 85.6 cm³/mol. The maximum absolute atomic E-state index is 12.4. The molecule has 2 aliphatic heterocycles. The van der Waals surface area contributed by atoms with Gasteiger partial charge in [0.25, 0.3) is 0 Å². The second-order valence-electron chi connectivity index (χ2n) is 6.40. The van der Waals surface area contributed by atoms with Crippen LogP contribution in [0.2, 0.25) is 0 Å². The molecule has 120 valence electrons. The van der Waals surface area contributed by atoms with Gasteiger partial charge in [-0.25, -0.2) is 9.97 Å². The highest BCUT2D eigenvalue weighted by molar-refractivity contribution is 5.79. The summed E-state index contributed by atoms with van der Waals surface area (Å²) in [7, 11) is 2.14. The lowest BCUT2D eigenvalue weighted by molar-refractivity contribution is -0.126. The summed E-state index contributed by atoms with van der Waals surface area (Å²) in [6.45, 7) is 3.87. The van der Waals surface area contributed by atoms with Crippen LogP contribution in [0.1, 0.15) is 25.7 Å². The smallest absolute Gasteiger partial charge is 0.225 e. The van der Waals surface area contributed by atoms with Crippen molar-refractivity contribution in [1.82, 2.24) is 20.2 Å². The number of carbonyl (C=O) groups is 1. The van der Waals surface area contributed by atoms with Gasteiger partial charge in [0.2, 0.25) is 11.9 Å². The number of nitrogens with zero attached hydrogens (tertiary/aromatic N) is 4. The zero-order valence-electron chi connectivity index (χ0n) is 13.2. The zero-order valence-corrected chi connectivity index (χ0v) is 13.2. The molecule has 3 rings (SSSR count). The molecule has 0 saturated carbocycles. The molecule has 0 atom stereocenters. The third-order valence-corrected chi connectivity index (χ3v) is 4.77. The highest BCUT2D eigenvalue weighted by atomic mass is 16.1. The summed E-state index contributed by atoms with van der Waals surface area (Å²) < 4.78 is 0. The van der Waals surface area contributed by atoms with E-state index in [-0.39, 0.29) is 11.8 Å². The highest BCUT2D eigenvalue weighted by Gasteiger charge is 2.28. The van der Waals surface area contributed by atoms with Crippen LogP contribution in [0, 0.1) is 5.92 Å². The van der Waals surface area contributed by atoms with Crippen molar-refractivity contribution in [3.63, 3.8) is 0 Å². The molecular formula is C16H25N5O. The number of piperidine rings is 2. The van der Waals surface area contributed by atoms with Crippen molar-refractivity contribution < 1.29 is 4.79 Å². The third-order valence-electron chi connectivity index (χ3n) is 4.77. The van der Waals surface area contributed by atoms with Crippen molar-refractivity contribution in [2.24, 2.45) is 5.92 Å². The summed E-state index contributed by atoms with van der Waals surface area (Å²) in [6, 6.07) is 2.19. The molecule has 0 aliphatic carbocycles. The number of nitrogens with one attached hydrogen (secondary N) is 1.